The molecule has 1 aromatic carbocycles. The molecule has 1 saturated heterocycles. The Kier molecular flexibility index (Phi) is 4.25. The van der Waals surface area contributed by atoms with Gasteiger partial charge in [-0.15, -0.1) is 0 Å². The molecule has 2 rings (SSSR count). The van der Waals surface area contributed by atoms with Crippen LogP contribution in [0, 0.1) is 0 Å². The summed E-state index contributed by atoms with van der Waals surface area (Å²) in [5.41, 5.74) is 1.47. The topological polar surface area (TPSA) is 24.5 Å². The Labute approximate surface area is 110 Å². The van der Waals surface area contributed by atoms with Gasteiger partial charge in [0, 0.05) is 31.7 Å². The third-order valence-corrected chi connectivity index (χ3v) is 3.79. The Morgan fingerprint density at radius 2 is 1.89 bits per heavy atom. The van der Waals surface area contributed by atoms with Crippen LogP contribution in [0.15, 0.2) is 24.3 Å². The van der Waals surface area contributed by atoms with E-state index in [1.807, 2.05) is 12.1 Å². The molecule has 3 heteroatoms. The molecule has 0 radical (unpaired) electrons. The fourth-order valence-electron chi connectivity index (χ4n) is 2.70. The van der Waals surface area contributed by atoms with E-state index in [4.69, 9.17) is 4.74 Å². The van der Waals surface area contributed by atoms with E-state index in [9.17, 15) is 0 Å². The van der Waals surface area contributed by atoms with Crippen molar-refractivity contribution in [3.63, 3.8) is 0 Å². The lowest BCUT2D eigenvalue weighted by Gasteiger charge is -2.41. The molecule has 1 aromatic rings. The molecule has 18 heavy (non-hydrogen) atoms. The summed E-state index contributed by atoms with van der Waals surface area (Å²) in [6.07, 6.45) is 1.02. The Morgan fingerprint density at radius 1 is 1.22 bits per heavy atom. The Balaban J connectivity index is 2.10. The molecule has 0 aromatic heterocycles. The zero-order valence-corrected chi connectivity index (χ0v) is 11.7. The zero-order chi connectivity index (χ0) is 13.0. The van der Waals surface area contributed by atoms with E-state index in [0.29, 0.717) is 0 Å². The zero-order valence-electron chi connectivity index (χ0n) is 11.7. The van der Waals surface area contributed by atoms with Crippen molar-refractivity contribution in [1.29, 1.82) is 0 Å². The van der Waals surface area contributed by atoms with Crippen molar-refractivity contribution in [3.8, 4) is 5.75 Å². The molecule has 0 atom stereocenters. The predicted octanol–water partition coefficient (Wildman–Crippen LogP) is 1.92. The molecular weight excluding hydrogens is 224 g/mol. The lowest BCUT2D eigenvalue weighted by atomic mass is 9.92. The van der Waals surface area contributed by atoms with Gasteiger partial charge in [0.2, 0.25) is 0 Å². The Hall–Kier alpha value is -1.06. The first kappa shape index (κ1) is 13.4. The number of methoxy groups -OCH3 is 1. The summed E-state index contributed by atoms with van der Waals surface area (Å²) in [7, 11) is 1.75. The standard InChI is InChI=1S/C15H24N2O/c1-15(2,17-10-8-16-9-11-17)12-13-6-4-5-7-14(13)18-3/h4-7,16H,8-12H2,1-3H3. The number of nitrogens with one attached hydrogen (secondary N) is 1. The summed E-state index contributed by atoms with van der Waals surface area (Å²) < 4.78 is 5.45. The minimum absolute atomic E-state index is 0.177. The number of hydrogen-bond acceptors (Lipinski definition) is 3. The van der Waals surface area contributed by atoms with Gasteiger partial charge in [-0.25, -0.2) is 0 Å². The number of rotatable bonds is 4. The van der Waals surface area contributed by atoms with E-state index in [2.05, 4.69) is 36.2 Å². The van der Waals surface area contributed by atoms with Gasteiger partial charge in [-0.3, -0.25) is 4.90 Å². The van der Waals surface area contributed by atoms with Crippen molar-refractivity contribution in [2.75, 3.05) is 33.3 Å². The maximum Gasteiger partial charge on any atom is 0.122 e. The number of benzene rings is 1. The summed E-state index contributed by atoms with van der Waals surface area (Å²) >= 11 is 0. The minimum Gasteiger partial charge on any atom is -0.496 e. The van der Waals surface area contributed by atoms with Gasteiger partial charge < -0.3 is 10.1 Å². The van der Waals surface area contributed by atoms with Crippen LogP contribution in [0.1, 0.15) is 19.4 Å². The van der Waals surface area contributed by atoms with Crippen LogP contribution in [-0.2, 0) is 6.42 Å². The molecule has 0 spiro atoms. The van der Waals surface area contributed by atoms with Gasteiger partial charge in [0.15, 0.2) is 0 Å². The van der Waals surface area contributed by atoms with Gasteiger partial charge in [0.25, 0.3) is 0 Å². The van der Waals surface area contributed by atoms with E-state index in [0.717, 1.165) is 38.3 Å². The van der Waals surface area contributed by atoms with Gasteiger partial charge in [-0.1, -0.05) is 18.2 Å². The van der Waals surface area contributed by atoms with Crippen LogP contribution in [0.4, 0.5) is 0 Å². The molecule has 100 valence electrons. The molecule has 0 aliphatic carbocycles. The van der Waals surface area contributed by atoms with Crippen LogP contribution >= 0.6 is 0 Å². The lowest BCUT2D eigenvalue weighted by Crippen LogP contribution is -2.54. The maximum absolute atomic E-state index is 5.45. The smallest absolute Gasteiger partial charge is 0.122 e. The van der Waals surface area contributed by atoms with Gasteiger partial charge in [-0.05, 0) is 31.9 Å². The maximum atomic E-state index is 5.45. The third kappa shape index (κ3) is 3.03. The van der Waals surface area contributed by atoms with Crippen LogP contribution in [0.3, 0.4) is 0 Å². The molecule has 3 nitrogen and oxygen atoms in total. The summed E-state index contributed by atoms with van der Waals surface area (Å²) in [6, 6.07) is 8.33. The van der Waals surface area contributed by atoms with Crippen molar-refractivity contribution in [2.24, 2.45) is 0 Å². The first-order chi connectivity index (χ1) is 8.63. The second kappa shape index (κ2) is 5.72. The average molecular weight is 248 g/mol. The summed E-state index contributed by atoms with van der Waals surface area (Å²) in [5.74, 6) is 1.00. The molecule has 1 fully saturated rings. The molecule has 1 aliphatic heterocycles. The molecule has 0 amide bonds. The van der Waals surface area contributed by atoms with E-state index < -0.39 is 0 Å². The highest BCUT2D eigenvalue weighted by Gasteiger charge is 2.28. The molecule has 0 bridgehead atoms. The second-order valence-corrected chi connectivity index (χ2v) is 5.54. The molecule has 1 aliphatic rings. The van der Waals surface area contributed by atoms with Gasteiger partial charge in [0.05, 0.1) is 7.11 Å². The number of para-hydroxylation sites is 1. The van der Waals surface area contributed by atoms with Crippen molar-refractivity contribution < 1.29 is 4.74 Å². The largest absolute Gasteiger partial charge is 0.496 e. The SMILES string of the molecule is COc1ccccc1CC(C)(C)N1CCNCC1. The molecule has 1 N–H and O–H groups in total. The summed E-state index contributed by atoms with van der Waals surface area (Å²) in [4.78, 5) is 2.57. The average Bonchev–Trinajstić information content (AvgIpc) is 2.40. The Bertz CT molecular complexity index is 384. The van der Waals surface area contributed by atoms with Crippen LogP contribution in [0.5, 0.6) is 5.75 Å². The summed E-state index contributed by atoms with van der Waals surface area (Å²) in [6.45, 7) is 9.09. The highest BCUT2D eigenvalue weighted by molar-refractivity contribution is 5.34. The van der Waals surface area contributed by atoms with Gasteiger partial charge >= 0.3 is 0 Å². The van der Waals surface area contributed by atoms with Crippen molar-refractivity contribution in [2.45, 2.75) is 25.8 Å². The van der Waals surface area contributed by atoms with Crippen molar-refractivity contribution in [1.82, 2.24) is 10.2 Å². The van der Waals surface area contributed by atoms with Crippen LogP contribution in [0.25, 0.3) is 0 Å². The highest BCUT2D eigenvalue weighted by atomic mass is 16.5. The first-order valence-corrected chi connectivity index (χ1v) is 6.71. The van der Waals surface area contributed by atoms with Gasteiger partial charge in [0.1, 0.15) is 5.75 Å². The number of nitrogens with zero attached hydrogens (tertiary/aromatic N) is 1. The van der Waals surface area contributed by atoms with Crippen LogP contribution in [-0.4, -0.2) is 43.7 Å². The van der Waals surface area contributed by atoms with E-state index in [1.165, 1.54) is 5.56 Å². The van der Waals surface area contributed by atoms with Crippen LogP contribution < -0.4 is 10.1 Å². The van der Waals surface area contributed by atoms with Crippen LogP contribution in [0.2, 0.25) is 0 Å². The predicted molar refractivity (Wildman–Crippen MR) is 75.2 cm³/mol. The van der Waals surface area contributed by atoms with Crippen molar-refractivity contribution >= 4 is 0 Å². The van der Waals surface area contributed by atoms with Crippen molar-refractivity contribution in [3.05, 3.63) is 29.8 Å². The number of piperazine rings is 1. The normalized spacial score (nSPS) is 17.7. The summed E-state index contributed by atoms with van der Waals surface area (Å²) in [5, 5.41) is 3.41. The fraction of sp³-hybridized carbons (Fsp3) is 0.600. The quantitative estimate of drug-likeness (QED) is 0.881. The molecular formula is C15H24N2O. The number of ether oxygens (including phenoxy) is 1. The monoisotopic (exact) mass is 248 g/mol. The minimum atomic E-state index is 0.177. The third-order valence-electron chi connectivity index (χ3n) is 3.79. The lowest BCUT2D eigenvalue weighted by molar-refractivity contribution is 0.103. The van der Waals surface area contributed by atoms with E-state index in [1.54, 1.807) is 7.11 Å². The van der Waals surface area contributed by atoms with Gasteiger partial charge in [-0.2, -0.15) is 0 Å². The fourth-order valence-corrected chi connectivity index (χ4v) is 2.70. The molecule has 0 saturated carbocycles. The first-order valence-electron chi connectivity index (χ1n) is 6.71. The molecule has 1 heterocycles. The number of hydrogen-bond donors (Lipinski definition) is 1. The Morgan fingerprint density at radius 3 is 2.56 bits per heavy atom. The van der Waals surface area contributed by atoms with E-state index >= 15 is 0 Å². The molecule has 0 unspecified atom stereocenters. The second-order valence-electron chi connectivity index (χ2n) is 5.54. The highest BCUT2D eigenvalue weighted by Crippen LogP contribution is 2.26. The van der Waals surface area contributed by atoms with E-state index in [-0.39, 0.29) is 5.54 Å².